The van der Waals surface area contributed by atoms with Gasteiger partial charge in [-0.25, -0.2) is 4.79 Å². The number of aryl methyl sites for hydroxylation is 3. The molecule has 0 radical (unpaired) electrons. The molecule has 1 aromatic heterocycles. The second kappa shape index (κ2) is 6.48. The summed E-state index contributed by atoms with van der Waals surface area (Å²) in [7, 11) is 0. The molecule has 0 unspecified atom stereocenters. The van der Waals surface area contributed by atoms with Crippen LogP contribution in [0, 0.1) is 20.8 Å². The Morgan fingerprint density at radius 3 is 2.35 bits per heavy atom. The highest BCUT2D eigenvalue weighted by atomic mass is 16.4. The van der Waals surface area contributed by atoms with E-state index in [1.54, 1.807) is 0 Å². The Hall–Kier alpha value is -2.89. The van der Waals surface area contributed by atoms with Gasteiger partial charge in [0.2, 0.25) is 5.91 Å². The normalized spacial score (nSPS) is 10.4. The van der Waals surface area contributed by atoms with Crippen LogP contribution in [0.15, 0.2) is 35.3 Å². The molecule has 0 aliphatic rings. The van der Waals surface area contributed by atoms with Gasteiger partial charge in [-0.15, -0.1) is 0 Å². The van der Waals surface area contributed by atoms with Crippen molar-refractivity contribution in [2.75, 3.05) is 5.32 Å². The second-order valence-electron chi connectivity index (χ2n) is 5.48. The molecular weight excluding hydrogens is 296 g/mol. The van der Waals surface area contributed by atoms with Gasteiger partial charge < -0.3 is 15.0 Å². The summed E-state index contributed by atoms with van der Waals surface area (Å²) in [6, 6.07) is 6.56. The van der Waals surface area contributed by atoms with Crippen molar-refractivity contribution < 1.29 is 14.7 Å². The maximum atomic E-state index is 12.2. The van der Waals surface area contributed by atoms with Crippen molar-refractivity contribution >= 4 is 17.6 Å². The number of anilines is 1. The van der Waals surface area contributed by atoms with E-state index in [2.05, 4.69) is 5.32 Å². The number of pyridine rings is 1. The number of carboxylic acid groups (broad SMARTS) is 1. The Kier molecular flexibility index (Phi) is 4.64. The zero-order chi connectivity index (χ0) is 17.1. The number of carbonyl (C=O) groups is 2. The van der Waals surface area contributed by atoms with Gasteiger partial charge in [0.15, 0.2) is 0 Å². The van der Waals surface area contributed by atoms with Gasteiger partial charge in [-0.05, 0) is 44.0 Å². The summed E-state index contributed by atoms with van der Waals surface area (Å²) in [5, 5.41) is 11.7. The largest absolute Gasteiger partial charge is 0.477 e. The molecule has 2 rings (SSSR count). The minimum atomic E-state index is -1.31. The number of hydrogen-bond donors (Lipinski definition) is 2. The molecule has 120 valence electrons. The molecular formula is C17H18N2O4. The van der Waals surface area contributed by atoms with Gasteiger partial charge in [0.1, 0.15) is 12.1 Å². The number of hydrogen-bond acceptors (Lipinski definition) is 3. The highest BCUT2D eigenvalue weighted by Gasteiger charge is 2.13. The third-order valence-electron chi connectivity index (χ3n) is 3.51. The van der Waals surface area contributed by atoms with Gasteiger partial charge in [0.25, 0.3) is 5.56 Å². The topological polar surface area (TPSA) is 88.4 Å². The van der Waals surface area contributed by atoms with Crippen molar-refractivity contribution in [1.29, 1.82) is 0 Å². The van der Waals surface area contributed by atoms with Crippen LogP contribution < -0.4 is 10.9 Å². The monoisotopic (exact) mass is 314 g/mol. The third kappa shape index (κ3) is 3.66. The smallest absolute Gasteiger partial charge is 0.341 e. The minimum Gasteiger partial charge on any atom is -0.477 e. The van der Waals surface area contributed by atoms with E-state index in [-0.39, 0.29) is 18.0 Å². The van der Waals surface area contributed by atoms with Crippen LogP contribution in [0.5, 0.6) is 0 Å². The summed E-state index contributed by atoms with van der Waals surface area (Å²) in [5.41, 5.74) is 2.62. The van der Waals surface area contributed by atoms with Crippen LogP contribution in [0.2, 0.25) is 0 Å². The molecule has 0 bridgehead atoms. The molecule has 23 heavy (non-hydrogen) atoms. The molecule has 0 aliphatic carbocycles. The highest BCUT2D eigenvalue weighted by molar-refractivity contribution is 5.92. The molecule has 0 fully saturated rings. The zero-order valence-electron chi connectivity index (χ0n) is 13.2. The molecule has 0 saturated carbocycles. The average molecular weight is 314 g/mol. The van der Waals surface area contributed by atoms with Crippen molar-refractivity contribution in [1.82, 2.24) is 4.57 Å². The predicted molar refractivity (Wildman–Crippen MR) is 86.9 cm³/mol. The fourth-order valence-electron chi connectivity index (χ4n) is 2.53. The van der Waals surface area contributed by atoms with E-state index in [4.69, 9.17) is 5.11 Å². The lowest BCUT2D eigenvalue weighted by Crippen LogP contribution is -2.30. The number of rotatable bonds is 4. The summed E-state index contributed by atoms with van der Waals surface area (Å²) in [6.07, 6.45) is 1.39. The second-order valence-corrected chi connectivity index (χ2v) is 5.48. The Labute approximate surface area is 133 Å². The van der Waals surface area contributed by atoms with Crippen LogP contribution >= 0.6 is 0 Å². The average Bonchev–Trinajstić information content (AvgIpc) is 2.44. The molecule has 0 spiro atoms. The first-order valence-corrected chi connectivity index (χ1v) is 7.10. The van der Waals surface area contributed by atoms with E-state index < -0.39 is 11.5 Å². The Morgan fingerprint density at radius 2 is 1.78 bits per heavy atom. The molecule has 6 nitrogen and oxygen atoms in total. The first-order chi connectivity index (χ1) is 10.8. The molecule has 6 heteroatoms. The van der Waals surface area contributed by atoms with E-state index in [1.807, 2.05) is 32.9 Å². The Morgan fingerprint density at radius 1 is 1.17 bits per heavy atom. The lowest BCUT2D eigenvalue weighted by Gasteiger charge is -2.13. The van der Waals surface area contributed by atoms with Crippen LogP contribution in [0.3, 0.4) is 0 Å². The van der Waals surface area contributed by atoms with E-state index >= 15 is 0 Å². The van der Waals surface area contributed by atoms with Crippen LogP contribution in [0.1, 0.15) is 27.0 Å². The lowest BCUT2D eigenvalue weighted by molar-refractivity contribution is -0.116. The van der Waals surface area contributed by atoms with Crippen LogP contribution in [-0.4, -0.2) is 21.6 Å². The SMILES string of the molecule is Cc1cc(C)c(NC(=O)Cn2cccc(C(=O)O)c2=O)c(C)c1. The molecule has 1 heterocycles. The van der Waals surface area contributed by atoms with Gasteiger partial charge in [0.05, 0.1) is 0 Å². The number of aromatic carboxylic acids is 1. The number of carboxylic acids is 1. The number of aromatic nitrogens is 1. The van der Waals surface area contributed by atoms with E-state index in [0.29, 0.717) is 5.69 Å². The molecule has 1 aromatic carbocycles. The van der Waals surface area contributed by atoms with E-state index in [0.717, 1.165) is 21.3 Å². The number of nitrogens with one attached hydrogen (secondary N) is 1. The molecule has 0 atom stereocenters. The molecule has 1 amide bonds. The summed E-state index contributed by atoms with van der Waals surface area (Å²) in [4.78, 5) is 35.1. The molecule has 0 aliphatic heterocycles. The van der Waals surface area contributed by atoms with Gasteiger partial charge in [0, 0.05) is 11.9 Å². The number of amides is 1. The van der Waals surface area contributed by atoms with Gasteiger partial charge in [-0.1, -0.05) is 17.7 Å². The maximum Gasteiger partial charge on any atom is 0.341 e. The maximum absolute atomic E-state index is 12.2. The lowest BCUT2D eigenvalue weighted by atomic mass is 10.1. The van der Waals surface area contributed by atoms with Crippen LogP contribution in [0.4, 0.5) is 5.69 Å². The molecule has 2 aromatic rings. The quantitative estimate of drug-likeness (QED) is 0.904. The van der Waals surface area contributed by atoms with Crippen molar-refractivity contribution in [2.24, 2.45) is 0 Å². The van der Waals surface area contributed by atoms with Crippen LogP contribution in [-0.2, 0) is 11.3 Å². The van der Waals surface area contributed by atoms with E-state index in [9.17, 15) is 14.4 Å². The van der Waals surface area contributed by atoms with Crippen molar-refractivity contribution in [3.05, 3.63) is 63.1 Å². The summed E-state index contributed by atoms with van der Waals surface area (Å²) < 4.78 is 1.08. The number of benzene rings is 1. The number of carbonyl (C=O) groups excluding carboxylic acids is 1. The van der Waals surface area contributed by atoms with Crippen molar-refractivity contribution in [2.45, 2.75) is 27.3 Å². The first kappa shape index (κ1) is 16.5. The molecule has 2 N–H and O–H groups in total. The fourth-order valence-corrected chi connectivity index (χ4v) is 2.53. The van der Waals surface area contributed by atoms with Gasteiger partial charge in [-0.3, -0.25) is 9.59 Å². The van der Waals surface area contributed by atoms with Gasteiger partial charge in [-0.2, -0.15) is 0 Å². The van der Waals surface area contributed by atoms with Crippen LogP contribution in [0.25, 0.3) is 0 Å². The molecule has 0 saturated heterocycles. The summed E-state index contributed by atoms with van der Waals surface area (Å²) in [6.45, 7) is 5.52. The van der Waals surface area contributed by atoms with Crippen molar-refractivity contribution in [3.8, 4) is 0 Å². The summed E-state index contributed by atoms with van der Waals surface area (Å²) >= 11 is 0. The highest BCUT2D eigenvalue weighted by Crippen LogP contribution is 2.21. The van der Waals surface area contributed by atoms with Gasteiger partial charge >= 0.3 is 5.97 Å². The predicted octanol–water partition coefficient (Wildman–Crippen LogP) is 2.11. The Balaban J connectivity index is 2.23. The number of nitrogens with zero attached hydrogens (tertiary/aromatic N) is 1. The minimum absolute atomic E-state index is 0.243. The Bertz CT molecular complexity index is 814. The first-order valence-electron chi connectivity index (χ1n) is 7.10. The summed E-state index contributed by atoms with van der Waals surface area (Å²) in [5.74, 6) is -1.69. The van der Waals surface area contributed by atoms with Crippen molar-refractivity contribution in [3.63, 3.8) is 0 Å². The zero-order valence-corrected chi connectivity index (χ0v) is 13.2. The standard InChI is InChI=1S/C17H18N2O4/c1-10-7-11(2)15(12(3)8-10)18-14(20)9-19-6-4-5-13(16(19)21)17(22)23/h4-8H,9H2,1-3H3,(H,18,20)(H,22,23). The fraction of sp³-hybridized carbons (Fsp3) is 0.235. The third-order valence-corrected chi connectivity index (χ3v) is 3.51. The van der Waals surface area contributed by atoms with E-state index in [1.165, 1.54) is 18.3 Å².